The van der Waals surface area contributed by atoms with Crippen molar-refractivity contribution in [2.24, 2.45) is 47.3 Å². The van der Waals surface area contributed by atoms with Crippen molar-refractivity contribution in [1.82, 2.24) is 0 Å². The van der Waals surface area contributed by atoms with Crippen LogP contribution in [0.3, 0.4) is 0 Å². The van der Waals surface area contributed by atoms with Crippen LogP contribution in [-0.2, 0) is 0 Å². The van der Waals surface area contributed by atoms with Gasteiger partial charge in [0.15, 0.2) is 0 Å². The molecule has 0 nitrogen and oxygen atoms in total. The van der Waals surface area contributed by atoms with Crippen molar-refractivity contribution in [1.29, 1.82) is 0 Å². The normalized spacial score (nSPS) is 21.3. The summed E-state index contributed by atoms with van der Waals surface area (Å²) in [6.07, 6.45) is 17.4. The zero-order valence-electron chi connectivity index (χ0n) is 21.1. The van der Waals surface area contributed by atoms with Crippen LogP contribution >= 0.6 is 0 Å². The zero-order chi connectivity index (χ0) is 21.1. The van der Waals surface area contributed by atoms with Gasteiger partial charge in [0.05, 0.1) is 0 Å². The SMILES string of the molecule is CCCCC(CC)C(CCC(C)CC(C(C)CC)C1CC1)C(C)CCC(C)C. The Morgan fingerprint density at radius 2 is 1.39 bits per heavy atom. The van der Waals surface area contributed by atoms with E-state index >= 15 is 0 Å². The second-order valence-electron chi connectivity index (χ2n) is 11.2. The van der Waals surface area contributed by atoms with E-state index in [0.29, 0.717) is 0 Å². The van der Waals surface area contributed by atoms with Gasteiger partial charge < -0.3 is 0 Å². The molecule has 6 unspecified atom stereocenters. The van der Waals surface area contributed by atoms with Gasteiger partial charge in [0.25, 0.3) is 0 Å². The first kappa shape index (κ1) is 26.0. The smallest absolute Gasteiger partial charge is 0.0358 e. The molecule has 0 spiro atoms. The van der Waals surface area contributed by atoms with Crippen LogP contribution in [0.15, 0.2) is 0 Å². The van der Waals surface area contributed by atoms with Crippen LogP contribution in [0.25, 0.3) is 0 Å². The first-order valence-corrected chi connectivity index (χ1v) is 13.3. The van der Waals surface area contributed by atoms with Crippen molar-refractivity contribution in [2.75, 3.05) is 0 Å². The van der Waals surface area contributed by atoms with E-state index in [4.69, 9.17) is 0 Å². The lowest BCUT2D eigenvalue weighted by Gasteiger charge is -2.34. The van der Waals surface area contributed by atoms with E-state index < -0.39 is 0 Å². The van der Waals surface area contributed by atoms with Gasteiger partial charge in [-0.15, -0.1) is 0 Å². The van der Waals surface area contributed by atoms with E-state index in [2.05, 4.69) is 55.4 Å². The van der Waals surface area contributed by atoms with Gasteiger partial charge in [-0.3, -0.25) is 0 Å². The van der Waals surface area contributed by atoms with Gasteiger partial charge in [-0.2, -0.15) is 0 Å². The van der Waals surface area contributed by atoms with Crippen molar-refractivity contribution in [3.63, 3.8) is 0 Å². The summed E-state index contributed by atoms with van der Waals surface area (Å²) < 4.78 is 0. The molecule has 0 amide bonds. The highest BCUT2D eigenvalue weighted by atomic mass is 14.4. The Morgan fingerprint density at radius 1 is 0.714 bits per heavy atom. The molecule has 0 aromatic rings. The predicted molar refractivity (Wildman–Crippen MR) is 129 cm³/mol. The highest BCUT2D eigenvalue weighted by Gasteiger charge is 2.35. The summed E-state index contributed by atoms with van der Waals surface area (Å²) in [6, 6.07) is 0. The predicted octanol–water partition coefficient (Wildman–Crippen LogP) is 9.77. The van der Waals surface area contributed by atoms with E-state index in [0.717, 1.165) is 47.3 Å². The summed E-state index contributed by atoms with van der Waals surface area (Å²) >= 11 is 0. The van der Waals surface area contributed by atoms with E-state index in [-0.39, 0.29) is 0 Å². The molecule has 1 rings (SSSR count). The molecule has 0 radical (unpaired) electrons. The molecule has 0 N–H and O–H groups in total. The van der Waals surface area contributed by atoms with Gasteiger partial charge in [-0.25, -0.2) is 0 Å². The van der Waals surface area contributed by atoms with Gasteiger partial charge >= 0.3 is 0 Å². The highest BCUT2D eigenvalue weighted by Crippen LogP contribution is 2.45. The Bertz CT molecular complexity index is 366. The Morgan fingerprint density at radius 3 is 1.89 bits per heavy atom. The maximum atomic E-state index is 2.58. The Labute approximate surface area is 180 Å². The minimum atomic E-state index is 0.854. The topological polar surface area (TPSA) is 0 Å². The van der Waals surface area contributed by atoms with E-state index in [1.807, 2.05) is 0 Å². The quantitative estimate of drug-likeness (QED) is 0.231. The molecule has 1 aliphatic rings. The third kappa shape index (κ3) is 9.67. The van der Waals surface area contributed by atoms with Crippen LogP contribution in [0.2, 0.25) is 0 Å². The van der Waals surface area contributed by atoms with Gasteiger partial charge in [0, 0.05) is 0 Å². The summed E-state index contributed by atoms with van der Waals surface area (Å²) in [5.74, 6) is 7.62. The van der Waals surface area contributed by atoms with E-state index in [1.165, 1.54) is 77.0 Å². The van der Waals surface area contributed by atoms with Crippen LogP contribution in [0.5, 0.6) is 0 Å². The van der Waals surface area contributed by atoms with Crippen LogP contribution in [0.4, 0.5) is 0 Å². The van der Waals surface area contributed by atoms with Gasteiger partial charge in [0.2, 0.25) is 0 Å². The Kier molecular flexibility index (Phi) is 13.1. The van der Waals surface area contributed by atoms with Gasteiger partial charge in [-0.1, -0.05) is 107 Å². The first-order chi connectivity index (χ1) is 13.3. The van der Waals surface area contributed by atoms with Crippen LogP contribution < -0.4 is 0 Å². The summed E-state index contributed by atoms with van der Waals surface area (Å²) in [6.45, 7) is 19.7. The minimum Gasteiger partial charge on any atom is -0.0654 e. The molecule has 1 fully saturated rings. The lowest BCUT2D eigenvalue weighted by atomic mass is 9.72. The van der Waals surface area contributed by atoms with Crippen LogP contribution in [0.1, 0.15) is 132 Å². The fraction of sp³-hybridized carbons (Fsp3) is 1.00. The average Bonchev–Trinajstić information content (AvgIpc) is 3.51. The second-order valence-corrected chi connectivity index (χ2v) is 11.2. The zero-order valence-corrected chi connectivity index (χ0v) is 21.1. The lowest BCUT2D eigenvalue weighted by Crippen LogP contribution is -2.24. The highest BCUT2D eigenvalue weighted by molar-refractivity contribution is 4.85. The molecule has 6 atom stereocenters. The molecule has 0 aliphatic heterocycles. The second kappa shape index (κ2) is 14.1. The molecule has 0 aromatic heterocycles. The number of rotatable bonds is 17. The maximum absolute atomic E-state index is 2.58. The van der Waals surface area contributed by atoms with E-state index in [1.54, 1.807) is 0 Å². The van der Waals surface area contributed by atoms with E-state index in [9.17, 15) is 0 Å². The van der Waals surface area contributed by atoms with Gasteiger partial charge in [-0.05, 0) is 73.0 Å². The first-order valence-electron chi connectivity index (χ1n) is 13.3. The summed E-state index contributed by atoms with van der Waals surface area (Å²) in [5.41, 5.74) is 0. The molecule has 1 aliphatic carbocycles. The van der Waals surface area contributed by atoms with Gasteiger partial charge in [0.1, 0.15) is 0 Å². The van der Waals surface area contributed by atoms with Crippen molar-refractivity contribution in [3.8, 4) is 0 Å². The average molecular weight is 393 g/mol. The summed E-state index contributed by atoms with van der Waals surface area (Å²) in [4.78, 5) is 0. The van der Waals surface area contributed by atoms with Crippen molar-refractivity contribution >= 4 is 0 Å². The molecule has 0 heteroatoms. The summed E-state index contributed by atoms with van der Waals surface area (Å²) in [5, 5.41) is 0. The summed E-state index contributed by atoms with van der Waals surface area (Å²) in [7, 11) is 0. The van der Waals surface area contributed by atoms with Crippen molar-refractivity contribution < 1.29 is 0 Å². The van der Waals surface area contributed by atoms with Crippen LogP contribution in [-0.4, -0.2) is 0 Å². The standard InChI is InChI=1S/C28H56/c1-9-12-13-25(11-3)27(24(8)16-14-21(4)5)19-15-22(6)20-28(23(7)10-2)26-17-18-26/h21-28H,9-20H2,1-8H3. The molecule has 28 heavy (non-hydrogen) atoms. The molecule has 0 aromatic carbocycles. The Balaban J connectivity index is 2.64. The number of unbranched alkanes of at least 4 members (excludes halogenated alkanes) is 1. The van der Waals surface area contributed by atoms with Crippen molar-refractivity contribution in [3.05, 3.63) is 0 Å². The van der Waals surface area contributed by atoms with Crippen molar-refractivity contribution in [2.45, 2.75) is 132 Å². The Hall–Kier alpha value is 0. The fourth-order valence-electron chi connectivity index (χ4n) is 5.76. The molecular weight excluding hydrogens is 336 g/mol. The van der Waals surface area contributed by atoms with Crippen LogP contribution in [0, 0.1) is 47.3 Å². The third-order valence-electron chi connectivity index (χ3n) is 8.26. The number of hydrogen-bond acceptors (Lipinski definition) is 0. The third-order valence-corrected chi connectivity index (χ3v) is 8.26. The number of hydrogen-bond donors (Lipinski definition) is 0. The molecule has 1 saturated carbocycles. The molecule has 0 bridgehead atoms. The maximum Gasteiger partial charge on any atom is -0.0358 e. The molecule has 0 saturated heterocycles. The molecule has 168 valence electrons. The monoisotopic (exact) mass is 392 g/mol. The minimum absolute atomic E-state index is 0.854. The molecule has 0 heterocycles. The molecular formula is C28H56. The lowest BCUT2D eigenvalue weighted by molar-refractivity contribution is 0.168. The largest absolute Gasteiger partial charge is 0.0654 e. The fourth-order valence-corrected chi connectivity index (χ4v) is 5.76.